The molecule has 0 aliphatic heterocycles. The van der Waals surface area contributed by atoms with E-state index in [1.807, 2.05) is 0 Å². The predicted octanol–water partition coefficient (Wildman–Crippen LogP) is 2.61. The summed E-state index contributed by atoms with van der Waals surface area (Å²) >= 11 is 0. The van der Waals surface area contributed by atoms with Gasteiger partial charge in [-0.25, -0.2) is 0 Å². The van der Waals surface area contributed by atoms with Gasteiger partial charge < -0.3 is 5.11 Å². The van der Waals surface area contributed by atoms with Crippen LogP contribution in [0.5, 0.6) is 0 Å². The minimum Gasteiger partial charge on any atom is -0.396 e. The van der Waals surface area contributed by atoms with E-state index in [9.17, 15) is 0 Å². The van der Waals surface area contributed by atoms with Crippen LogP contribution in [0.2, 0.25) is 0 Å². The lowest BCUT2D eigenvalue weighted by molar-refractivity contribution is 0.198. The highest BCUT2D eigenvalue weighted by Gasteiger charge is 2.23. The highest BCUT2D eigenvalue weighted by molar-refractivity contribution is 5.08. The van der Waals surface area contributed by atoms with Gasteiger partial charge in [0.2, 0.25) is 0 Å². The van der Waals surface area contributed by atoms with E-state index in [2.05, 4.69) is 26.8 Å². The summed E-state index contributed by atoms with van der Waals surface area (Å²) in [6, 6.07) is 0. The Bertz CT molecular complexity index is 170. The molecule has 0 radical (unpaired) electrons. The van der Waals surface area contributed by atoms with Crippen LogP contribution >= 0.6 is 0 Å². The van der Waals surface area contributed by atoms with Gasteiger partial charge in [-0.1, -0.05) is 25.5 Å². The first-order valence-electron chi connectivity index (χ1n) is 4.92. The topological polar surface area (TPSA) is 20.2 Å². The highest BCUT2D eigenvalue weighted by Crippen LogP contribution is 2.32. The van der Waals surface area contributed by atoms with Gasteiger partial charge in [0, 0.05) is 12.5 Å². The lowest BCUT2D eigenvalue weighted by atomic mass is 9.77. The first kappa shape index (κ1) is 9.79. The van der Waals surface area contributed by atoms with Crippen LogP contribution in [0.15, 0.2) is 11.6 Å². The third kappa shape index (κ3) is 2.10. The summed E-state index contributed by atoms with van der Waals surface area (Å²) in [4.78, 5) is 0. The Morgan fingerprint density at radius 2 is 2.25 bits per heavy atom. The van der Waals surface area contributed by atoms with Crippen LogP contribution in [-0.2, 0) is 0 Å². The molecule has 1 aliphatic carbocycles. The van der Waals surface area contributed by atoms with E-state index >= 15 is 0 Å². The number of hydrogen-bond donors (Lipinski definition) is 1. The Morgan fingerprint density at radius 1 is 1.58 bits per heavy atom. The van der Waals surface area contributed by atoms with Gasteiger partial charge in [0.25, 0.3) is 0 Å². The average molecular weight is 168 g/mol. The van der Waals surface area contributed by atoms with Crippen molar-refractivity contribution < 1.29 is 5.11 Å². The Morgan fingerprint density at radius 3 is 2.75 bits per heavy atom. The summed E-state index contributed by atoms with van der Waals surface area (Å²) in [5.74, 6) is 1.97. The maximum Gasteiger partial charge on any atom is 0.0496 e. The van der Waals surface area contributed by atoms with Crippen molar-refractivity contribution in [3.8, 4) is 0 Å². The van der Waals surface area contributed by atoms with Gasteiger partial charge in [-0.05, 0) is 31.6 Å². The van der Waals surface area contributed by atoms with Crippen LogP contribution < -0.4 is 0 Å². The summed E-state index contributed by atoms with van der Waals surface area (Å²) in [7, 11) is 0. The van der Waals surface area contributed by atoms with Crippen molar-refractivity contribution in [3.05, 3.63) is 11.6 Å². The molecule has 2 atom stereocenters. The zero-order valence-corrected chi connectivity index (χ0v) is 8.38. The zero-order valence-electron chi connectivity index (χ0n) is 8.38. The molecule has 0 bridgehead atoms. The predicted molar refractivity (Wildman–Crippen MR) is 51.9 cm³/mol. The van der Waals surface area contributed by atoms with Crippen molar-refractivity contribution in [1.29, 1.82) is 0 Å². The summed E-state index contributed by atoms with van der Waals surface area (Å²) in [6.45, 7) is 7.00. The van der Waals surface area contributed by atoms with E-state index in [1.165, 1.54) is 18.4 Å². The van der Waals surface area contributed by atoms with E-state index in [4.69, 9.17) is 5.11 Å². The molecule has 1 heteroatoms. The lowest BCUT2D eigenvalue weighted by Gasteiger charge is -2.29. The van der Waals surface area contributed by atoms with E-state index in [1.54, 1.807) is 0 Å². The number of allylic oxidation sites excluding steroid dienone is 1. The highest BCUT2D eigenvalue weighted by atomic mass is 16.3. The smallest absolute Gasteiger partial charge is 0.0496 e. The van der Waals surface area contributed by atoms with Gasteiger partial charge >= 0.3 is 0 Å². The lowest BCUT2D eigenvalue weighted by Crippen LogP contribution is -2.21. The minimum atomic E-state index is 0.325. The van der Waals surface area contributed by atoms with Crippen LogP contribution in [0, 0.1) is 17.8 Å². The fourth-order valence-electron chi connectivity index (χ4n) is 1.91. The molecule has 12 heavy (non-hydrogen) atoms. The number of aliphatic hydroxyl groups excluding tert-OH is 1. The molecular formula is C11H20O. The number of hydrogen-bond acceptors (Lipinski definition) is 1. The SMILES string of the molecule is CC1=CCC(C(C)C)CC1CO. The van der Waals surface area contributed by atoms with Crippen LogP contribution in [0.25, 0.3) is 0 Å². The quantitative estimate of drug-likeness (QED) is 0.628. The van der Waals surface area contributed by atoms with E-state index in [-0.39, 0.29) is 0 Å². The second-order valence-corrected chi connectivity index (χ2v) is 4.30. The maximum absolute atomic E-state index is 9.12. The summed E-state index contributed by atoms with van der Waals surface area (Å²) < 4.78 is 0. The van der Waals surface area contributed by atoms with Crippen LogP contribution in [-0.4, -0.2) is 11.7 Å². The normalized spacial score (nSPS) is 30.6. The molecular weight excluding hydrogens is 148 g/mol. The molecule has 1 N–H and O–H groups in total. The van der Waals surface area contributed by atoms with Gasteiger partial charge in [0.15, 0.2) is 0 Å². The van der Waals surface area contributed by atoms with Gasteiger partial charge in [-0.3, -0.25) is 0 Å². The standard InChI is InChI=1S/C11H20O/c1-8(2)10-5-4-9(3)11(6-10)7-12/h4,8,10-12H,5-7H2,1-3H3. The molecule has 70 valence electrons. The third-order valence-corrected chi connectivity index (χ3v) is 3.14. The van der Waals surface area contributed by atoms with Crippen LogP contribution in [0.3, 0.4) is 0 Å². The Labute approximate surface area is 75.5 Å². The van der Waals surface area contributed by atoms with Crippen molar-refractivity contribution in [3.63, 3.8) is 0 Å². The Kier molecular flexibility index (Phi) is 3.33. The van der Waals surface area contributed by atoms with Gasteiger partial charge in [-0.15, -0.1) is 0 Å². The summed E-state index contributed by atoms with van der Waals surface area (Å²) in [5, 5.41) is 9.12. The summed E-state index contributed by atoms with van der Waals surface area (Å²) in [5.41, 5.74) is 1.38. The molecule has 0 heterocycles. The number of rotatable bonds is 2. The fraction of sp³-hybridized carbons (Fsp3) is 0.818. The molecule has 0 aromatic heterocycles. The zero-order chi connectivity index (χ0) is 9.14. The molecule has 0 aromatic rings. The van der Waals surface area contributed by atoms with Gasteiger partial charge in [0.05, 0.1) is 0 Å². The van der Waals surface area contributed by atoms with Crippen molar-refractivity contribution in [2.45, 2.75) is 33.6 Å². The molecule has 0 amide bonds. The Hall–Kier alpha value is -0.300. The van der Waals surface area contributed by atoms with Crippen molar-refractivity contribution in [2.24, 2.45) is 17.8 Å². The molecule has 0 aromatic carbocycles. The molecule has 0 spiro atoms. The fourth-order valence-corrected chi connectivity index (χ4v) is 1.91. The largest absolute Gasteiger partial charge is 0.396 e. The molecule has 1 nitrogen and oxygen atoms in total. The van der Waals surface area contributed by atoms with Crippen LogP contribution in [0.1, 0.15) is 33.6 Å². The minimum absolute atomic E-state index is 0.325. The molecule has 1 aliphatic rings. The number of aliphatic hydroxyl groups is 1. The van der Waals surface area contributed by atoms with Crippen molar-refractivity contribution >= 4 is 0 Å². The molecule has 1 rings (SSSR count). The second-order valence-electron chi connectivity index (χ2n) is 4.30. The molecule has 0 saturated carbocycles. The average Bonchev–Trinajstić information content (AvgIpc) is 2.05. The van der Waals surface area contributed by atoms with Gasteiger partial charge in [0.1, 0.15) is 0 Å². The van der Waals surface area contributed by atoms with Crippen molar-refractivity contribution in [1.82, 2.24) is 0 Å². The third-order valence-electron chi connectivity index (χ3n) is 3.14. The summed E-state index contributed by atoms with van der Waals surface area (Å²) in [6.07, 6.45) is 4.69. The molecule has 0 fully saturated rings. The van der Waals surface area contributed by atoms with Crippen molar-refractivity contribution in [2.75, 3.05) is 6.61 Å². The molecule has 2 unspecified atom stereocenters. The van der Waals surface area contributed by atoms with E-state index in [0.717, 1.165) is 11.8 Å². The first-order chi connectivity index (χ1) is 5.65. The second kappa shape index (κ2) is 4.08. The maximum atomic E-state index is 9.12. The van der Waals surface area contributed by atoms with E-state index in [0.29, 0.717) is 12.5 Å². The first-order valence-corrected chi connectivity index (χ1v) is 4.92. The van der Waals surface area contributed by atoms with Gasteiger partial charge in [-0.2, -0.15) is 0 Å². The van der Waals surface area contributed by atoms with Crippen LogP contribution in [0.4, 0.5) is 0 Å². The Balaban J connectivity index is 2.58. The molecule has 0 saturated heterocycles. The monoisotopic (exact) mass is 168 g/mol. The van der Waals surface area contributed by atoms with E-state index < -0.39 is 0 Å².